The van der Waals surface area contributed by atoms with Crippen molar-refractivity contribution in [1.29, 1.82) is 0 Å². The van der Waals surface area contributed by atoms with Crippen molar-refractivity contribution in [2.24, 2.45) is 5.92 Å². The summed E-state index contributed by atoms with van der Waals surface area (Å²) < 4.78 is 40.6. The summed E-state index contributed by atoms with van der Waals surface area (Å²) in [6.07, 6.45) is 3.47. The number of alkyl halides is 1. The van der Waals surface area contributed by atoms with Gasteiger partial charge < -0.3 is 10.2 Å². The maximum Gasteiger partial charge on any atom is 0.251 e. The first-order valence-electron chi connectivity index (χ1n) is 9.72. The third kappa shape index (κ3) is 6.36. The lowest BCUT2D eigenvalue weighted by Gasteiger charge is -2.32. The molecule has 0 atom stereocenters. The zero-order valence-electron chi connectivity index (χ0n) is 15.8. The highest BCUT2D eigenvalue weighted by Crippen LogP contribution is 2.27. The minimum absolute atomic E-state index is 0.173. The maximum absolute atomic E-state index is 13.6. The van der Waals surface area contributed by atoms with Crippen LogP contribution in [-0.2, 0) is 14.5 Å². The van der Waals surface area contributed by atoms with Crippen LogP contribution in [0.1, 0.15) is 41.6 Å². The standard InChI is InChI=1S/C19H27FIN3O3S/c20-17-10-15(12-21)9-16(11-17)19(25)22-13-14-3-6-24(7-4-14)8-5-23-28(26,27)18-1-2-18/h9-11,14,18,23H,1-8,12-13H2,(H,22,25). The van der Waals surface area contributed by atoms with Crippen molar-refractivity contribution < 1.29 is 17.6 Å². The van der Waals surface area contributed by atoms with E-state index in [1.807, 2.05) is 0 Å². The number of nitrogens with zero attached hydrogens (tertiary/aromatic N) is 1. The van der Waals surface area contributed by atoms with E-state index >= 15 is 0 Å². The number of carbonyl (C=O) groups excluding carboxylic acids is 1. The first-order valence-corrected chi connectivity index (χ1v) is 12.8. The molecule has 3 rings (SSSR count). The molecule has 2 N–H and O–H groups in total. The second-order valence-corrected chi connectivity index (χ2v) is 10.4. The summed E-state index contributed by atoms with van der Waals surface area (Å²) in [6.45, 7) is 3.54. The number of rotatable bonds is 9. The number of benzene rings is 1. The normalized spacial score (nSPS) is 18.9. The van der Waals surface area contributed by atoms with Crippen molar-refractivity contribution in [1.82, 2.24) is 14.9 Å². The molecular weight excluding hydrogens is 496 g/mol. The second kappa shape index (κ2) is 9.82. The van der Waals surface area contributed by atoms with Crippen LogP contribution in [0.3, 0.4) is 0 Å². The number of halogens is 2. The SMILES string of the molecule is O=C(NCC1CCN(CCNS(=O)(=O)C2CC2)CC1)c1cc(F)cc(CI)c1. The molecule has 2 aliphatic rings. The first-order chi connectivity index (χ1) is 13.4. The molecule has 0 unspecified atom stereocenters. The molecule has 1 saturated heterocycles. The molecule has 1 heterocycles. The van der Waals surface area contributed by atoms with Crippen molar-refractivity contribution in [2.75, 3.05) is 32.7 Å². The van der Waals surface area contributed by atoms with Gasteiger partial charge in [0, 0.05) is 29.6 Å². The molecule has 1 saturated carbocycles. The van der Waals surface area contributed by atoms with Crippen LogP contribution in [0.4, 0.5) is 4.39 Å². The van der Waals surface area contributed by atoms with Crippen molar-refractivity contribution in [2.45, 2.75) is 35.4 Å². The van der Waals surface area contributed by atoms with Gasteiger partial charge in [0.25, 0.3) is 5.91 Å². The van der Waals surface area contributed by atoms with Gasteiger partial charge in [0.05, 0.1) is 5.25 Å². The highest BCUT2D eigenvalue weighted by Gasteiger charge is 2.35. The number of likely N-dealkylation sites (tertiary alicyclic amines) is 1. The molecule has 1 aliphatic carbocycles. The van der Waals surface area contributed by atoms with Crippen LogP contribution < -0.4 is 10.0 Å². The summed E-state index contributed by atoms with van der Waals surface area (Å²) in [5.41, 5.74) is 1.17. The molecule has 9 heteroatoms. The van der Waals surface area contributed by atoms with Gasteiger partial charge in [0.1, 0.15) is 5.82 Å². The highest BCUT2D eigenvalue weighted by molar-refractivity contribution is 14.1. The fourth-order valence-corrected chi connectivity index (χ4v) is 5.26. The van der Waals surface area contributed by atoms with E-state index in [2.05, 4.69) is 37.5 Å². The molecule has 156 valence electrons. The predicted molar refractivity (Wildman–Crippen MR) is 116 cm³/mol. The molecule has 0 aromatic heterocycles. The van der Waals surface area contributed by atoms with Crippen LogP contribution in [0, 0.1) is 11.7 Å². The molecule has 0 spiro atoms. The molecular formula is C19H27FIN3O3S. The van der Waals surface area contributed by atoms with Crippen LogP contribution in [-0.4, -0.2) is 57.2 Å². The number of amides is 1. The predicted octanol–water partition coefficient (Wildman–Crippen LogP) is 2.28. The second-order valence-electron chi connectivity index (χ2n) is 7.62. The van der Waals surface area contributed by atoms with Gasteiger partial charge in [-0.1, -0.05) is 22.6 Å². The topological polar surface area (TPSA) is 78.5 Å². The maximum atomic E-state index is 13.6. The lowest BCUT2D eigenvalue weighted by molar-refractivity contribution is 0.0936. The van der Waals surface area contributed by atoms with Crippen molar-refractivity contribution in [3.63, 3.8) is 0 Å². The number of sulfonamides is 1. The van der Waals surface area contributed by atoms with Gasteiger partial charge in [-0.2, -0.15) is 0 Å². The van der Waals surface area contributed by atoms with Crippen molar-refractivity contribution in [3.05, 3.63) is 35.1 Å². The molecule has 1 aromatic carbocycles. The number of carbonyl (C=O) groups is 1. The number of piperidine rings is 1. The van der Waals surface area contributed by atoms with E-state index in [9.17, 15) is 17.6 Å². The molecule has 0 radical (unpaired) electrons. The molecule has 1 aliphatic heterocycles. The van der Waals surface area contributed by atoms with E-state index in [0.29, 0.717) is 35.5 Å². The number of hydrogen-bond donors (Lipinski definition) is 2. The van der Waals surface area contributed by atoms with Gasteiger partial charge in [-0.05, 0) is 68.5 Å². The number of hydrogen-bond acceptors (Lipinski definition) is 4. The van der Waals surface area contributed by atoms with E-state index < -0.39 is 10.0 Å². The third-order valence-corrected chi connectivity index (χ3v) is 8.16. The van der Waals surface area contributed by atoms with Gasteiger partial charge in [-0.15, -0.1) is 0 Å². The van der Waals surface area contributed by atoms with E-state index in [0.717, 1.165) is 44.3 Å². The summed E-state index contributed by atoms with van der Waals surface area (Å²) in [5, 5.41) is 2.75. The number of nitrogens with one attached hydrogen (secondary N) is 2. The fourth-order valence-electron chi connectivity index (χ4n) is 3.45. The van der Waals surface area contributed by atoms with E-state index in [1.54, 1.807) is 6.07 Å². The average molecular weight is 523 g/mol. The molecule has 2 fully saturated rings. The van der Waals surface area contributed by atoms with Crippen LogP contribution in [0.15, 0.2) is 18.2 Å². The minimum atomic E-state index is -3.10. The van der Waals surface area contributed by atoms with E-state index in [4.69, 9.17) is 0 Å². The Morgan fingerprint density at radius 1 is 1.18 bits per heavy atom. The highest BCUT2D eigenvalue weighted by atomic mass is 127. The van der Waals surface area contributed by atoms with Crippen molar-refractivity contribution >= 4 is 38.5 Å². The minimum Gasteiger partial charge on any atom is -0.352 e. The van der Waals surface area contributed by atoms with Gasteiger partial charge in [0.15, 0.2) is 0 Å². The zero-order chi connectivity index (χ0) is 20.1. The Morgan fingerprint density at radius 2 is 1.89 bits per heavy atom. The fraction of sp³-hybridized carbons (Fsp3) is 0.632. The molecule has 1 aromatic rings. The Bertz CT molecular complexity index is 794. The monoisotopic (exact) mass is 523 g/mol. The lowest BCUT2D eigenvalue weighted by Crippen LogP contribution is -2.42. The van der Waals surface area contributed by atoms with Crippen LogP contribution >= 0.6 is 22.6 Å². The average Bonchev–Trinajstić information content (AvgIpc) is 3.52. The quantitative estimate of drug-likeness (QED) is 0.385. The zero-order valence-corrected chi connectivity index (χ0v) is 18.8. The Labute approximate surface area is 179 Å². The molecule has 28 heavy (non-hydrogen) atoms. The Balaban J connectivity index is 1.36. The summed E-state index contributed by atoms with van der Waals surface area (Å²) >= 11 is 2.15. The van der Waals surface area contributed by atoms with Gasteiger partial charge in [-0.25, -0.2) is 17.5 Å². The molecule has 0 bridgehead atoms. The Kier molecular flexibility index (Phi) is 7.68. The van der Waals surface area contributed by atoms with Gasteiger partial charge in [0.2, 0.25) is 10.0 Å². The summed E-state index contributed by atoms with van der Waals surface area (Å²) in [7, 11) is -3.10. The Morgan fingerprint density at radius 3 is 2.54 bits per heavy atom. The molecule has 6 nitrogen and oxygen atoms in total. The Hall–Kier alpha value is -0.780. The van der Waals surface area contributed by atoms with Gasteiger partial charge >= 0.3 is 0 Å². The van der Waals surface area contributed by atoms with E-state index in [-0.39, 0.29) is 17.0 Å². The smallest absolute Gasteiger partial charge is 0.251 e. The lowest BCUT2D eigenvalue weighted by atomic mass is 9.96. The van der Waals surface area contributed by atoms with Crippen LogP contribution in [0.25, 0.3) is 0 Å². The van der Waals surface area contributed by atoms with Crippen LogP contribution in [0.5, 0.6) is 0 Å². The first kappa shape index (κ1) is 21.9. The summed E-state index contributed by atoms with van der Waals surface area (Å²) in [5.74, 6) is -0.228. The van der Waals surface area contributed by atoms with Gasteiger partial charge in [-0.3, -0.25) is 4.79 Å². The summed E-state index contributed by atoms with van der Waals surface area (Å²) in [4.78, 5) is 14.6. The molecule has 1 amide bonds. The third-order valence-electron chi connectivity index (χ3n) is 5.33. The van der Waals surface area contributed by atoms with E-state index in [1.165, 1.54) is 12.1 Å². The largest absolute Gasteiger partial charge is 0.352 e. The summed E-state index contributed by atoms with van der Waals surface area (Å²) in [6, 6.07) is 4.45. The van der Waals surface area contributed by atoms with Crippen molar-refractivity contribution in [3.8, 4) is 0 Å². The van der Waals surface area contributed by atoms with Crippen LogP contribution in [0.2, 0.25) is 0 Å².